The minimum Gasteiger partial charge on any atom is -0.496 e. The normalized spacial score (nSPS) is 12.5. The predicted octanol–water partition coefficient (Wildman–Crippen LogP) is 2.85. The molecule has 0 bridgehead atoms. The van der Waals surface area contributed by atoms with Gasteiger partial charge in [-0.15, -0.1) is 11.3 Å². The molecule has 1 heterocycles. The summed E-state index contributed by atoms with van der Waals surface area (Å²) in [5.74, 6) is 0.691. The lowest BCUT2D eigenvalue weighted by atomic mass is 10.1. The molecule has 1 atom stereocenters. The molecule has 0 saturated heterocycles. The van der Waals surface area contributed by atoms with Crippen molar-refractivity contribution in [1.29, 1.82) is 0 Å². The van der Waals surface area contributed by atoms with Gasteiger partial charge in [-0.2, -0.15) is 0 Å². The van der Waals surface area contributed by atoms with Gasteiger partial charge in [-0.05, 0) is 26.0 Å². The van der Waals surface area contributed by atoms with Gasteiger partial charge >= 0.3 is 0 Å². The molecule has 2 rings (SSSR count). The van der Waals surface area contributed by atoms with Crippen LogP contribution in [-0.2, 0) is 0 Å². The highest BCUT2D eigenvalue weighted by Gasteiger charge is 2.18. The van der Waals surface area contributed by atoms with Crippen molar-refractivity contribution in [1.82, 2.24) is 4.98 Å². The zero-order chi connectivity index (χ0) is 12.4. The largest absolute Gasteiger partial charge is 0.496 e. The lowest BCUT2D eigenvalue weighted by Gasteiger charge is -2.13. The first-order valence-electron chi connectivity index (χ1n) is 5.36. The molecule has 17 heavy (non-hydrogen) atoms. The van der Waals surface area contributed by atoms with Crippen molar-refractivity contribution in [3.05, 3.63) is 45.4 Å². The highest BCUT2D eigenvalue weighted by molar-refractivity contribution is 7.09. The number of aromatic nitrogens is 1. The third-order valence-electron chi connectivity index (χ3n) is 2.55. The second-order valence-electron chi connectivity index (χ2n) is 3.98. The number of nitrogens with zero attached hydrogens (tertiary/aromatic N) is 1. The monoisotopic (exact) mass is 249 g/mol. The molecular formula is C13H15NO2S. The summed E-state index contributed by atoms with van der Waals surface area (Å²) in [6, 6.07) is 5.76. The summed E-state index contributed by atoms with van der Waals surface area (Å²) in [6.45, 7) is 3.91. The van der Waals surface area contributed by atoms with E-state index in [0.717, 1.165) is 16.8 Å². The van der Waals surface area contributed by atoms with Crippen LogP contribution in [0.5, 0.6) is 5.75 Å². The van der Waals surface area contributed by atoms with Crippen LogP contribution in [0.3, 0.4) is 0 Å². The van der Waals surface area contributed by atoms with Crippen LogP contribution in [0.25, 0.3) is 0 Å². The average molecular weight is 249 g/mol. The Hall–Kier alpha value is -1.39. The van der Waals surface area contributed by atoms with Crippen LogP contribution in [0, 0.1) is 13.8 Å². The Labute approximate surface area is 105 Å². The van der Waals surface area contributed by atoms with Crippen LogP contribution >= 0.6 is 11.3 Å². The van der Waals surface area contributed by atoms with E-state index in [2.05, 4.69) is 4.98 Å². The van der Waals surface area contributed by atoms with Gasteiger partial charge in [-0.25, -0.2) is 4.98 Å². The fraction of sp³-hybridized carbons (Fsp3) is 0.308. The molecule has 0 aliphatic rings. The molecule has 0 aliphatic carbocycles. The van der Waals surface area contributed by atoms with Gasteiger partial charge in [0.05, 0.1) is 7.11 Å². The Kier molecular flexibility index (Phi) is 3.45. The van der Waals surface area contributed by atoms with E-state index in [-0.39, 0.29) is 0 Å². The van der Waals surface area contributed by atoms with Gasteiger partial charge in [0, 0.05) is 16.6 Å². The topological polar surface area (TPSA) is 42.4 Å². The minimum atomic E-state index is -0.719. The summed E-state index contributed by atoms with van der Waals surface area (Å²) in [5, 5.41) is 12.9. The maximum Gasteiger partial charge on any atom is 0.134 e. The van der Waals surface area contributed by atoms with Crippen LogP contribution < -0.4 is 4.74 Å². The van der Waals surface area contributed by atoms with E-state index in [0.29, 0.717) is 10.8 Å². The Morgan fingerprint density at radius 2 is 2.12 bits per heavy atom. The summed E-state index contributed by atoms with van der Waals surface area (Å²) in [4.78, 5) is 4.31. The van der Waals surface area contributed by atoms with Crippen molar-refractivity contribution >= 4 is 11.3 Å². The van der Waals surface area contributed by atoms with Crippen LogP contribution in [0.2, 0.25) is 0 Å². The van der Waals surface area contributed by atoms with Gasteiger partial charge in [0.25, 0.3) is 0 Å². The summed E-state index contributed by atoms with van der Waals surface area (Å²) in [5.41, 5.74) is 2.78. The number of hydrogen-bond donors (Lipinski definition) is 1. The SMILES string of the molecule is COc1ccc(C)cc1C(O)c1nc(C)cs1. The van der Waals surface area contributed by atoms with E-state index < -0.39 is 6.10 Å². The third kappa shape index (κ3) is 2.48. The second kappa shape index (κ2) is 4.85. The van der Waals surface area contributed by atoms with E-state index in [1.54, 1.807) is 7.11 Å². The lowest BCUT2D eigenvalue weighted by Crippen LogP contribution is -2.02. The number of rotatable bonds is 3. The Bertz CT molecular complexity index is 522. The van der Waals surface area contributed by atoms with Gasteiger partial charge in [-0.1, -0.05) is 11.6 Å². The van der Waals surface area contributed by atoms with Gasteiger partial charge in [0.2, 0.25) is 0 Å². The average Bonchev–Trinajstić information content (AvgIpc) is 2.75. The number of aliphatic hydroxyl groups is 1. The molecular weight excluding hydrogens is 234 g/mol. The standard InChI is InChI=1S/C13H15NO2S/c1-8-4-5-11(16-3)10(6-8)12(15)13-14-9(2)7-17-13/h4-7,12,15H,1-3H3. The van der Waals surface area contributed by atoms with Gasteiger partial charge < -0.3 is 9.84 Å². The predicted molar refractivity (Wildman–Crippen MR) is 68.6 cm³/mol. The minimum absolute atomic E-state index is 0.691. The maximum absolute atomic E-state index is 10.3. The highest BCUT2D eigenvalue weighted by atomic mass is 32.1. The van der Waals surface area contributed by atoms with E-state index >= 15 is 0 Å². The number of methoxy groups -OCH3 is 1. The van der Waals surface area contributed by atoms with Crippen molar-refractivity contribution in [2.24, 2.45) is 0 Å². The number of aryl methyl sites for hydroxylation is 2. The number of aliphatic hydroxyl groups excluding tert-OH is 1. The molecule has 3 nitrogen and oxygen atoms in total. The molecule has 0 amide bonds. The summed E-state index contributed by atoms with van der Waals surface area (Å²) >= 11 is 1.46. The fourth-order valence-corrected chi connectivity index (χ4v) is 2.49. The van der Waals surface area contributed by atoms with Gasteiger partial charge in [0.1, 0.15) is 16.9 Å². The van der Waals surface area contributed by atoms with Gasteiger partial charge in [0.15, 0.2) is 0 Å². The maximum atomic E-state index is 10.3. The Morgan fingerprint density at radius 1 is 1.35 bits per heavy atom. The van der Waals surface area contributed by atoms with E-state index in [4.69, 9.17) is 4.74 Å². The molecule has 0 radical (unpaired) electrons. The van der Waals surface area contributed by atoms with Crippen molar-refractivity contribution in [2.45, 2.75) is 20.0 Å². The van der Waals surface area contributed by atoms with E-state index in [1.807, 2.05) is 37.4 Å². The molecule has 0 saturated carbocycles. The molecule has 1 N–H and O–H groups in total. The molecule has 2 aromatic rings. The first-order valence-corrected chi connectivity index (χ1v) is 6.24. The van der Waals surface area contributed by atoms with Crippen LogP contribution in [0.1, 0.15) is 27.9 Å². The molecule has 1 unspecified atom stereocenters. The summed E-state index contributed by atoms with van der Waals surface area (Å²) < 4.78 is 5.27. The second-order valence-corrected chi connectivity index (χ2v) is 4.86. The van der Waals surface area contributed by atoms with Crippen molar-refractivity contribution < 1.29 is 9.84 Å². The number of benzene rings is 1. The smallest absolute Gasteiger partial charge is 0.134 e. The summed E-state index contributed by atoms with van der Waals surface area (Å²) in [7, 11) is 1.61. The molecule has 0 aliphatic heterocycles. The van der Waals surface area contributed by atoms with Crippen molar-refractivity contribution in [2.75, 3.05) is 7.11 Å². The highest BCUT2D eigenvalue weighted by Crippen LogP contribution is 2.32. The molecule has 0 fully saturated rings. The quantitative estimate of drug-likeness (QED) is 0.909. The van der Waals surface area contributed by atoms with Crippen LogP contribution in [0.15, 0.2) is 23.6 Å². The Balaban J connectivity index is 2.42. The zero-order valence-electron chi connectivity index (χ0n) is 10.1. The molecule has 4 heteroatoms. The van der Waals surface area contributed by atoms with Gasteiger partial charge in [-0.3, -0.25) is 0 Å². The molecule has 1 aromatic carbocycles. The van der Waals surface area contributed by atoms with E-state index in [9.17, 15) is 5.11 Å². The number of thiazole rings is 1. The van der Waals surface area contributed by atoms with E-state index in [1.165, 1.54) is 11.3 Å². The van der Waals surface area contributed by atoms with Crippen molar-refractivity contribution in [3.63, 3.8) is 0 Å². The Morgan fingerprint density at radius 3 is 2.71 bits per heavy atom. The molecule has 0 spiro atoms. The number of hydrogen-bond acceptors (Lipinski definition) is 4. The summed E-state index contributed by atoms with van der Waals surface area (Å²) in [6.07, 6.45) is -0.719. The van der Waals surface area contributed by atoms with Crippen LogP contribution in [-0.4, -0.2) is 17.2 Å². The van der Waals surface area contributed by atoms with Crippen LogP contribution in [0.4, 0.5) is 0 Å². The first-order chi connectivity index (χ1) is 8.11. The lowest BCUT2D eigenvalue weighted by molar-refractivity contribution is 0.214. The fourth-order valence-electron chi connectivity index (χ4n) is 1.70. The molecule has 1 aromatic heterocycles. The van der Waals surface area contributed by atoms with Crippen molar-refractivity contribution in [3.8, 4) is 5.75 Å². The zero-order valence-corrected chi connectivity index (χ0v) is 10.9. The third-order valence-corrected chi connectivity index (χ3v) is 3.57. The molecule has 90 valence electrons. The first kappa shape index (κ1) is 12.1. The number of ether oxygens (including phenoxy) is 1.